The fourth-order valence-corrected chi connectivity index (χ4v) is 3.68. The molecule has 0 aliphatic rings. The molecule has 0 saturated heterocycles. The summed E-state index contributed by atoms with van der Waals surface area (Å²) in [5.41, 5.74) is 3.78. The van der Waals surface area contributed by atoms with Gasteiger partial charge in [0.15, 0.2) is 0 Å². The molecule has 0 fully saturated rings. The molecular weight excluding hydrogens is 370 g/mol. The van der Waals surface area contributed by atoms with Crippen LogP contribution >= 0.6 is 0 Å². The smallest absolute Gasteiger partial charge is 0.251 e. The van der Waals surface area contributed by atoms with Crippen molar-refractivity contribution in [2.45, 2.75) is 18.9 Å². The highest BCUT2D eigenvalue weighted by Gasteiger charge is 2.29. The minimum absolute atomic E-state index is 0.0706. The fourth-order valence-electron chi connectivity index (χ4n) is 3.68. The summed E-state index contributed by atoms with van der Waals surface area (Å²) in [6.07, 6.45) is 3.69. The Labute approximate surface area is 177 Å². The Kier molecular flexibility index (Phi) is 5.75. The SMILES string of the molecule is CC(CNC(=O)c1ccc(Cn2cccn2)cc1)(c1ccccc1)c1ccccc1. The predicted octanol–water partition coefficient (Wildman–Crippen LogP) is 4.67. The quantitative estimate of drug-likeness (QED) is 0.494. The zero-order valence-corrected chi connectivity index (χ0v) is 17.0. The van der Waals surface area contributed by atoms with Crippen LogP contribution in [0.5, 0.6) is 0 Å². The van der Waals surface area contributed by atoms with Crippen LogP contribution in [0.1, 0.15) is 34.0 Å². The molecule has 4 heteroatoms. The lowest BCUT2D eigenvalue weighted by atomic mass is 9.76. The molecule has 4 rings (SSSR count). The number of aromatic nitrogens is 2. The van der Waals surface area contributed by atoms with Gasteiger partial charge in [0.2, 0.25) is 0 Å². The van der Waals surface area contributed by atoms with E-state index in [9.17, 15) is 4.79 Å². The normalized spacial score (nSPS) is 11.2. The van der Waals surface area contributed by atoms with Crippen molar-refractivity contribution in [1.82, 2.24) is 15.1 Å². The van der Waals surface area contributed by atoms with E-state index >= 15 is 0 Å². The average molecular weight is 396 g/mol. The van der Waals surface area contributed by atoms with Crippen molar-refractivity contribution in [2.75, 3.05) is 6.54 Å². The van der Waals surface area contributed by atoms with Gasteiger partial charge in [0, 0.05) is 29.9 Å². The third-order valence-corrected chi connectivity index (χ3v) is 5.54. The number of rotatable bonds is 7. The third kappa shape index (κ3) is 4.33. The van der Waals surface area contributed by atoms with Crippen LogP contribution in [0.15, 0.2) is 103 Å². The van der Waals surface area contributed by atoms with E-state index in [4.69, 9.17) is 0 Å². The molecule has 0 radical (unpaired) electrons. The molecular formula is C26H25N3O. The van der Waals surface area contributed by atoms with Crippen LogP contribution in [0.25, 0.3) is 0 Å². The van der Waals surface area contributed by atoms with Gasteiger partial charge in [-0.1, -0.05) is 72.8 Å². The standard InChI is InChI=1S/C26H25N3O/c1-26(23-9-4-2-5-10-23,24-11-6-3-7-12-24)20-27-25(30)22-15-13-21(14-16-22)19-29-18-8-17-28-29/h2-18H,19-20H2,1H3,(H,27,30). The second-order valence-corrected chi connectivity index (χ2v) is 7.65. The van der Waals surface area contributed by atoms with E-state index < -0.39 is 0 Å². The molecule has 0 saturated carbocycles. The summed E-state index contributed by atoms with van der Waals surface area (Å²) < 4.78 is 1.86. The third-order valence-electron chi connectivity index (χ3n) is 5.54. The van der Waals surface area contributed by atoms with Crippen molar-refractivity contribution in [1.29, 1.82) is 0 Å². The van der Waals surface area contributed by atoms with Crippen molar-refractivity contribution in [2.24, 2.45) is 0 Å². The topological polar surface area (TPSA) is 46.9 Å². The molecule has 0 bridgehead atoms. The number of carbonyl (C=O) groups is 1. The van der Waals surface area contributed by atoms with E-state index in [0.717, 1.165) is 5.56 Å². The van der Waals surface area contributed by atoms with Crippen LogP contribution < -0.4 is 5.32 Å². The molecule has 0 aliphatic heterocycles. The Hall–Kier alpha value is -3.66. The van der Waals surface area contributed by atoms with Crippen LogP contribution in [-0.4, -0.2) is 22.2 Å². The molecule has 0 spiro atoms. The first-order chi connectivity index (χ1) is 14.6. The molecule has 0 unspecified atom stereocenters. The van der Waals surface area contributed by atoms with Crippen LogP contribution in [0.2, 0.25) is 0 Å². The minimum atomic E-state index is -0.321. The van der Waals surface area contributed by atoms with Gasteiger partial charge in [-0.2, -0.15) is 5.10 Å². The molecule has 4 nitrogen and oxygen atoms in total. The Bertz CT molecular complexity index is 1030. The minimum Gasteiger partial charge on any atom is -0.351 e. The Morgan fingerprint density at radius 3 is 2.00 bits per heavy atom. The van der Waals surface area contributed by atoms with Crippen molar-refractivity contribution in [3.63, 3.8) is 0 Å². The Morgan fingerprint density at radius 2 is 1.47 bits per heavy atom. The summed E-state index contributed by atoms with van der Waals surface area (Å²) in [6, 6.07) is 30.2. The van der Waals surface area contributed by atoms with Crippen molar-refractivity contribution >= 4 is 5.91 Å². The molecule has 4 aromatic rings. The Morgan fingerprint density at radius 1 is 0.867 bits per heavy atom. The summed E-state index contributed by atoms with van der Waals surface area (Å²) in [4.78, 5) is 12.9. The van der Waals surface area contributed by atoms with Gasteiger partial charge in [-0.05, 0) is 41.8 Å². The maximum atomic E-state index is 12.9. The number of nitrogens with zero attached hydrogens (tertiary/aromatic N) is 2. The molecule has 150 valence electrons. The molecule has 1 amide bonds. The lowest BCUT2D eigenvalue weighted by Crippen LogP contribution is -2.39. The van der Waals surface area contributed by atoms with Crippen LogP contribution in [-0.2, 0) is 12.0 Å². The van der Waals surface area contributed by atoms with Gasteiger partial charge in [-0.25, -0.2) is 0 Å². The number of nitrogens with one attached hydrogen (secondary N) is 1. The fraction of sp³-hybridized carbons (Fsp3) is 0.154. The molecule has 30 heavy (non-hydrogen) atoms. The molecule has 0 aliphatic carbocycles. The van der Waals surface area contributed by atoms with Gasteiger partial charge in [0.05, 0.1) is 6.54 Å². The summed E-state index contributed by atoms with van der Waals surface area (Å²) in [6.45, 7) is 3.37. The first-order valence-corrected chi connectivity index (χ1v) is 10.1. The highest BCUT2D eigenvalue weighted by Crippen LogP contribution is 2.31. The molecule has 1 heterocycles. The number of hydrogen-bond donors (Lipinski definition) is 1. The molecule has 3 aromatic carbocycles. The van der Waals surface area contributed by atoms with Gasteiger partial charge in [0.1, 0.15) is 0 Å². The maximum absolute atomic E-state index is 12.9. The lowest BCUT2D eigenvalue weighted by Gasteiger charge is -2.31. The number of amides is 1. The average Bonchev–Trinajstić information content (AvgIpc) is 3.32. The molecule has 1 N–H and O–H groups in total. The van der Waals surface area contributed by atoms with E-state index in [1.54, 1.807) is 6.20 Å². The second kappa shape index (κ2) is 8.78. The van der Waals surface area contributed by atoms with Crippen molar-refractivity contribution in [3.8, 4) is 0 Å². The maximum Gasteiger partial charge on any atom is 0.251 e. The number of hydrogen-bond acceptors (Lipinski definition) is 2. The van der Waals surface area contributed by atoms with Crippen molar-refractivity contribution in [3.05, 3.63) is 126 Å². The number of carbonyl (C=O) groups excluding carboxylic acids is 1. The summed E-state index contributed by atoms with van der Waals surface area (Å²) >= 11 is 0. The molecule has 0 atom stereocenters. The van der Waals surface area contributed by atoms with Crippen LogP contribution in [0, 0.1) is 0 Å². The van der Waals surface area contributed by atoms with E-state index in [0.29, 0.717) is 18.7 Å². The van der Waals surface area contributed by atoms with Gasteiger partial charge < -0.3 is 5.32 Å². The van der Waals surface area contributed by atoms with Gasteiger partial charge in [-0.3, -0.25) is 9.48 Å². The predicted molar refractivity (Wildman–Crippen MR) is 119 cm³/mol. The highest BCUT2D eigenvalue weighted by molar-refractivity contribution is 5.94. The highest BCUT2D eigenvalue weighted by atomic mass is 16.1. The zero-order valence-electron chi connectivity index (χ0n) is 17.0. The van der Waals surface area contributed by atoms with Crippen LogP contribution in [0.3, 0.4) is 0 Å². The Balaban J connectivity index is 1.49. The van der Waals surface area contributed by atoms with E-state index in [-0.39, 0.29) is 11.3 Å². The summed E-state index contributed by atoms with van der Waals surface area (Å²) in [7, 11) is 0. The number of benzene rings is 3. The van der Waals surface area contributed by atoms with E-state index in [1.165, 1.54) is 11.1 Å². The lowest BCUT2D eigenvalue weighted by molar-refractivity contribution is 0.0947. The monoisotopic (exact) mass is 395 g/mol. The summed E-state index contributed by atoms with van der Waals surface area (Å²) in [5.74, 6) is -0.0706. The van der Waals surface area contributed by atoms with E-state index in [2.05, 4.69) is 41.6 Å². The van der Waals surface area contributed by atoms with Gasteiger partial charge >= 0.3 is 0 Å². The van der Waals surface area contributed by atoms with Crippen molar-refractivity contribution < 1.29 is 4.79 Å². The second-order valence-electron chi connectivity index (χ2n) is 7.65. The first kappa shape index (κ1) is 19.6. The summed E-state index contributed by atoms with van der Waals surface area (Å²) in [5, 5.41) is 7.37. The van der Waals surface area contributed by atoms with Gasteiger partial charge in [0.25, 0.3) is 5.91 Å². The van der Waals surface area contributed by atoms with Gasteiger partial charge in [-0.15, -0.1) is 0 Å². The zero-order chi connectivity index (χ0) is 20.8. The van der Waals surface area contributed by atoms with E-state index in [1.807, 2.05) is 77.6 Å². The largest absolute Gasteiger partial charge is 0.351 e. The van der Waals surface area contributed by atoms with Crippen LogP contribution in [0.4, 0.5) is 0 Å². The first-order valence-electron chi connectivity index (χ1n) is 10.1. The molecule has 1 aromatic heterocycles.